The number of ether oxygens (including phenoxy) is 1. The van der Waals surface area contributed by atoms with Gasteiger partial charge in [-0.05, 0) is 12.1 Å². The highest BCUT2D eigenvalue weighted by Crippen LogP contribution is 2.39. The van der Waals surface area contributed by atoms with Gasteiger partial charge < -0.3 is 9.84 Å². The third kappa shape index (κ3) is 1.34. The molecule has 4 heteroatoms. The molecule has 0 aliphatic heterocycles. The molecule has 1 aromatic carbocycles. The molecular weight excluding hydrogens is 208 g/mol. The van der Waals surface area contributed by atoms with Crippen molar-refractivity contribution < 1.29 is 9.84 Å². The fourth-order valence-corrected chi connectivity index (χ4v) is 2.39. The second-order valence-corrected chi connectivity index (χ2v) is 3.95. The molecule has 68 valence electrons. The van der Waals surface area contributed by atoms with Crippen molar-refractivity contribution >= 4 is 33.0 Å². The first-order valence-corrected chi connectivity index (χ1v) is 4.92. The summed E-state index contributed by atoms with van der Waals surface area (Å²) < 4.78 is 6.04. The third-order valence-electron chi connectivity index (χ3n) is 1.80. The lowest BCUT2D eigenvalue weighted by Gasteiger charge is -2.02. The number of halogens is 1. The van der Waals surface area contributed by atoms with E-state index in [0.717, 1.165) is 10.1 Å². The highest BCUT2D eigenvalue weighted by atomic mass is 35.5. The van der Waals surface area contributed by atoms with Crippen molar-refractivity contribution in [3.63, 3.8) is 0 Å². The van der Waals surface area contributed by atoms with E-state index in [-0.39, 0.29) is 5.75 Å². The molecule has 0 aliphatic rings. The Hall–Kier alpha value is -0.930. The maximum atomic E-state index is 9.50. The standard InChI is InChI=1S/C9H7ClO2S/c1-12-7-2-5(10)3-8-9(7)6(11)4-13-8/h2-4,11H,1H3. The molecule has 13 heavy (non-hydrogen) atoms. The minimum atomic E-state index is 0.244. The van der Waals surface area contributed by atoms with Gasteiger partial charge in [0.2, 0.25) is 0 Å². The molecule has 0 bridgehead atoms. The lowest BCUT2D eigenvalue weighted by Crippen LogP contribution is -1.82. The number of rotatable bonds is 1. The van der Waals surface area contributed by atoms with Crippen molar-refractivity contribution in [2.24, 2.45) is 0 Å². The fraction of sp³-hybridized carbons (Fsp3) is 0.111. The smallest absolute Gasteiger partial charge is 0.137 e. The molecule has 0 radical (unpaired) electrons. The van der Waals surface area contributed by atoms with Crippen molar-refractivity contribution in [3.8, 4) is 11.5 Å². The predicted molar refractivity (Wildman–Crippen MR) is 55.1 cm³/mol. The Morgan fingerprint density at radius 3 is 2.92 bits per heavy atom. The van der Waals surface area contributed by atoms with Crippen LogP contribution in [0, 0.1) is 0 Å². The van der Waals surface area contributed by atoms with Crippen LogP contribution in [0.2, 0.25) is 5.02 Å². The van der Waals surface area contributed by atoms with Crippen LogP contribution in [0.5, 0.6) is 11.5 Å². The van der Waals surface area contributed by atoms with Gasteiger partial charge in [0.05, 0.1) is 12.5 Å². The zero-order valence-electron chi connectivity index (χ0n) is 6.87. The van der Waals surface area contributed by atoms with Gasteiger partial charge in [0.25, 0.3) is 0 Å². The molecule has 0 aliphatic carbocycles. The van der Waals surface area contributed by atoms with Gasteiger partial charge in [-0.25, -0.2) is 0 Å². The zero-order chi connectivity index (χ0) is 9.42. The molecule has 0 fully saturated rings. The molecular formula is C9H7ClO2S. The van der Waals surface area contributed by atoms with Crippen molar-refractivity contribution in [2.45, 2.75) is 0 Å². The van der Waals surface area contributed by atoms with Gasteiger partial charge in [0.15, 0.2) is 0 Å². The summed E-state index contributed by atoms with van der Waals surface area (Å²) in [6.07, 6.45) is 0. The molecule has 0 atom stereocenters. The first-order chi connectivity index (χ1) is 6.22. The van der Waals surface area contributed by atoms with Gasteiger partial charge in [-0.3, -0.25) is 0 Å². The number of fused-ring (bicyclic) bond motifs is 1. The molecule has 0 saturated heterocycles. The number of hydrogen-bond donors (Lipinski definition) is 1. The summed E-state index contributed by atoms with van der Waals surface area (Å²) in [6.45, 7) is 0. The summed E-state index contributed by atoms with van der Waals surface area (Å²) in [6, 6.07) is 3.50. The topological polar surface area (TPSA) is 29.5 Å². The number of hydrogen-bond acceptors (Lipinski definition) is 3. The molecule has 0 amide bonds. The molecule has 2 rings (SSSR count). The highest BCUT2D eigenvalue weighted by molar-refractivity contribution is 7.17. The molecule has 0 saturated carbocycles. The largest absolute Gasteiger partial charge is 0.506 e. The minimum absolute atomic E-state index is 0.244. The number of aromatic hydroxyl groups is 1. The van der Waals surface area contributed by atoms with E-state index in [0.29, 0.717) is 10.8 Å². The Morgan fingerprint density at radius 2 is 2.23 bits per heavy atom. The zero-order valence-corrected chi connectivity index (χ0v) is 8.45. The van der Waals surface area contributed by atoms with E-state index in [9.17, 15) is 5.11 Å². The van der Waals surface area contributed by atoms with Gasteiger partial charge in [0.1, 0.15) is 11.5 Å². The average Bonchev–Trinajstić information content (AvgIpc) is 2.46. The van der Waals surface area contributed by atoms with E-state index < -0.39 is 0 Å². The molecule has 1 aromatic heterocycles. The van der Waals surface area contributed by atoms with E-state index in [4.69, 9.17) is 16.3 Å². The number of thiophene rings is 1. The van der Waals surface area contributed by atoms with Crippen LogP contribution in [0.15, 0.2) is 17.5 Å². The Bertz CT molecular complexity index is 450. The average molecular weight is 215 g/mol. The second-order valence-electron chi connectivity index (χ2n) is 2.60. The van der Waals surface area contributed by atoms with Gasteiger partial charge in [-0.15, -0.1) is 11.3 Å². The second kappa shape index (κ2) is 3.09. The summed E-state index contributed by atoms with van der Waals surface area (Å²) in [5.74, 6) is 0.856. The van der Waals surface area contributed by atoms with Crippen LogP contribution >= 0.6 is 22.9 Å². The number of benzene rings is 1. The van der Waals surface area contributed by atoms with Gasteiger partial charge in [0, 0.05) is 15.1 Å². The summed E-state index contributed by atoms with van der Waals surface area (Å²) >= 11 is 7.30. The minimum Gasteiger partial charge on any atom is -0.506 e. The van der Waals surface area contributed by atoms with Crippen molar-refractivity contribution in [2.75, 3.05) is 7.11 Å². The van der Waals surface area contributed by atoms with E-state index in [2.05, 4.69) is 0 Å². The Balaban J connectivity index is 2.85. The molecule has 0 unspecified atom stereocenters. The SMILES string of the molecule is COc1cc(Cl)cc2scc(O)c12. The van der Waals surface area contributed by atoms with Gasteiger partial charge in [-0.1, -0.05) is 11.6 Å². The fourth-order valence-electron chi connectivity index (χ4n) is 1.24. The quantitative estimate of drug-likeness (QED) is 0.790. The normalized spacial score (nSPS) is 10.6. The monoisotopic (exact) mass is 214 g/mol. The van der Waals surface area contributed by atoms with Crippen LogP contribution in [0.3, 0.4) is 0 Å². The third-order valence-corrected chi connectivity index (χ3v) is 2.94. The predicted octanol–water partition coefficient (Wildman–Crippen LogP) is 3.27. The first-order valence-electron chi connectivity index (χ1n) is 3.66. The van der Waals surface area contributed by atoms with Crippen LogP contribution in [0.25, 0.3) is 10.1 Å². The van der Waals surface area contributed by atoms with Crippen molar-refractivity contribution in [1.29, 1.82) is 0 Å². The van der Waals surface area contributed by atoms with Crippen molar-refractivity contribution in [1.82, 2.24) is 0 Å². The van der Waals surface area contributed by atoms with Gasteiger partial charge in [-0.2, -0.15) is 0 Å². The van der Waals surface area contributed by atoms with Crippen LogP contribution in [-0.4, -0.2) is 12.2 Å². The number of methoxy groups -OCH3 is 1. The van der Waals surface area contributed by atoms with Crippen LogP contribution in [0.4, 0.5) is 0 Å². The molecule has 1 heterocycles. The van der Waals surface area contributed by atoms with E-state index >= 15 is 0 Å². The Labute approximate surface area is 84.3 Å². The van der Waals surface area contributed by atoms with Crippen LogP contribution in [0.1, 0.15) is 0 Å². The summed E-state index contributed by atoms with van der Waals surface area (Å²) in [5.41, 5.74) is 0. The van der Waals surface area contributed by atoms with E-state index in [1.165, 1.54) is 11.3 Å². The lowest BCUT2D eigenvalue weighted by atomic mass is 10.2. The Morgan fingerprint density at radius 1 is 1.46 bits per heavy atom. The van der Waals surface area contributed by atoms with Crippen molar-refractivity contribution in [3.05, 3.63) is 22.5 Å². The van der Waals surface area contributed by atoms with Crippen LogP contribution in [-0.2, 0) is 0 Å². The lowest BCUT2D eigenvalue weighted by molar-refractivity contribution is 0.416. The molecule has 2 aromatic rings. The Kier molecular flexibility index (Phi) is 2.06. The van der Waals surface area contributed by atoms with Crippen LogP contribution < -0.4 is 4.74 Å². The summed E-state index contributed by atoms with van der Waals surface area (Å²) in [7, 11) is 1.56. The first kappa shape index (κ1) is 8.66. The molecule has 1 N–H and O–H groups in total. The summed E-state index contributed by atoms with van der Waals surface area (Å²) in [5, 5.41) is 12.5. The highest BCUT2D eigenvalue weighted by Gasteiger charge is 2.09. The summed E-state index contributed by atoms with van der Waals surface area (Å²) in [4.78, 5) is 0. The van der Waals surface area contributed by atoms with E-state index in [1.54, 1.807) is 18.6 Å². The van der Waals surface area contributed by atoms with E-state index in [1.807, 2.05) is 6.07 Å². The molecule has 2 nitrogen and oxygen atoms in total. The maximum absolute atomic E-state index is 9.50. The molecule has 0 spiro atoms. The van der Waals surface area contributed by atoms with Gasteiger partial charge >= 0.3 is 0 Å². The maximum Gasteiger partial charge on any atom is 0.137 e.